The monoisotopic (exact) mass is 387 g/mol. The summed E-state index contributed by atoms with van der Waals surface area (Å²) >= 11 is 0. The molecule has 0 fully saturated rings. The summed E-state index contributed by atoms with van der Waals surface area (Å²) in [7, 11) is 0. The third-order valence-corrected chi connectivity index (χ3v) is 3.46. The van der Waals surface area contributed by atoms with Gasteiger partial charge in [-0.05, 0) is 50.6 Å². The van der Waals surface area contributed by atoms with Crippen LogP contribution in [0.1, 0.15) is 43.3 Å². The highest BCUT2D eigenvalue weighted by molar-refractivity contribution is 5.91. The van der Waals surface area contributed by atoms with Crippen LogP contribution in [0.5, 0.6) is 0 Å². The summed E-state index contributed by atoms with van der Waals surface area (Å²) in [6.45, 7) is 5.83. The zero-order valence-electron chi connectivity index (χ0n) is 16.2. The Bertz CT molecular complexity index is 792. The summed E-state index contributed by atoms with van der Waals surface area (Å²) in [5, 5.41) is 8.02. The van der Waals surface area contributed by atoms with Gasteiger partial charge in [0, 0.05) is 25.2 Å². The molecule has 0 spiro atoms. The van der Waals surface area contributed by atoms with Gasteiger partial charge < -0.3 is 25.1 Å². The van der Waals surface area contributed by atoms with Crippen molar-refractivity contribution in [3.63, 3.8) is 0 Å². The number of furan rings is 1. The summed E-state index contributed by atoms with van der Waals surface area (Å²) in [5.74, 6) is -0.265. The Morgan fingerprint density at radius 3 is 2.36 bits per heavy atom. The van der Waals surface area contributed by atoms with Crippen LogP contribution in [0.2, 0.25) is 0 Å². The molecule has 0 atom stereocenters. The van der Waals surface area contributed by atoms with E-state index in [-0.39, 0.29) is 30.5 Å². The van der Waals surface area contributed by atoms with E-state index in [1.165, 1.54) is 6.26 Å². The minimum absolute atomic E-state index is 0.125. The number of hydrogen-bond acceptors (Lipinski definition) is 5. The highest BCUT2D eigenvalue weighted by Crippen LogP contribution is 2.10. The first kappa shape index (κ1) is 21.0. The van der Waals surface area contributed by atoms with E-state index in [0.29, 0.717) is 12.2 Å². The van der Waals surface area contributed by atoms with Crippen molar-refractivity contribution in [2.24, 2.45) is 0 Å². The standard InChI is InChI=1S/C20H25N3O5/c1-20(2,3)28-19(26)21-11-10-17(24)23-15-8-6-14(7-9-15)13-22-18(25)16-5-4-12-27-16/h4-9,12H,10-11,13H2,1-3H3,(H,21,26)(H,22,25)(H,23,24). The molecule has 150 valence electrons. The first-order valence-corrected chi connectivity index (χ1v) is 8.90. The smallest absolute Gasteiger partial charge is 0.407 e. The van der Waals surface area contributed by atoms with Crippen LogP contribution in [0.15, 0.2) is 47.1 Å². The van der Waals surface area contributed by atoms with Crippen molar-refractivity contribution >= 4 is 23.6 Å². The topological polar surface area (TPSA) is 110 Å². The fourth-order valence-electron chi connectivity index (χ4n) is 2.20. The van der Waals surface area contributed by atoms with Crippen LogP contribution in [-0.4, -0.2) is 30.1 Å². The third kappa shape index (κ3) is 7.53. The Labute approximate surface area is 163 Å². The number of amides is 3. The van der Waals surface area contributed by atoms with Crippen LogP contribution < -0.4 is 16.0 Å². The minimum Gasteiger partial charge on any atom is -0.459 e. The second-order valence-corrected chi connectivity index (χ2v) is 7.08. The van der Waals surface area contributed by atoms with Gasteiger partial charge in [-0.1, -0.05) is 12.1 Å². The fraction of sp³-hybridized carbons (Fsp3) is 0.350. The Hall–Kier alpha value is -3.29. The van der Waals surface area contributed by atoms with Gasteiger partial charge in [-0.2, -0.15) is 0 Å². The molecule has 1 heterocycles. The quantitative estimate of drug-likeness (QED) is 0.676. The van der Waals surface area contributed by atoms with Crippen LogP contribution in [-0.2, 0) is 16.1 Å². The number of nitrogens with one attached hydrogen (secondary N) is 3. The Balaban J connectivity index is 1.70. The average Bonchev–Trinajstić information content (AvgIpc) is 3.14. The Morgan fingerprint density at radius 2 is 1.75 bits per heavy atom. The lowest BCUT2D eigenvalue weighted by Crippen LogP contribution is -2.34. The SMILES string of the molecule is CC(C)(C)OC(=O)NCCC(=O)Nc1ccc(CNC(=O)c2ccco2)cc1. The number of hydrogen-bond donors (Lipinski definition) is 3. The molecule has 0 unspecified atom stereocenters. The van der Waals surface area contributed by atoms with Crippen molar-refractivity contribution in [1.29, 1.82) is 0 Å². The maximum absolute atomic E-state index is 11.9. The van der Waals surface area contributed by atoms with Gasteiger partial charge in [-0.15, -0.1) is 0 Å². The fourth-order valence-corrected chi connectivity index (χ4v) is 2.20. The normalized spacial score (nSPS) is 10.8. The van der Waals surface area contributed by atoms with Crippen molar-refractivity contribution < 1.29 is 23.5 Å². The molecule has 0 aliphatic heterocycles. The van der Waals surface area contributed by atoms with Gasteiger partial charge in [0.1, 0.15) is 5.60 Å². The van der Waals surface area contributed by atoms with Crippen molar-refractivity contribution in [2.45, 2.75) is 39.3 Å². The highest BCUT2D eigenvalue weighted by Gasteiger charge is 2.16. The molecule has 0 saturated heterocycles. The molecule has 0 aliphatic rings. The van der Waals surface area contributed by atoms with E-state index in [0.717, 1.165) is 5.56 Å². The second kappa shape index (κ2) is 9.59. The van der Waals surface area contributed by atoms with Gasteiger partial charge in [0.2, 0.25) is 5.91 Å². The predicted octanol–water partition coefficient (Wildman–Crippen LogP) is 3.06. The highest BCUT2D eigenvalue weighted by atomic mass is 16.6. The second-order valence-electron chi connectivity index (χ2n) is 7.08. The summed E-state index contributed by atoms with van der Waals surface area (Å²) < 4.78 is 10.1. The lowest BCUT2D eigenvalue weighted by molar-refractivity contribution is -0.116. The van der Waals surface area contributed by atoms with Crippen molar-refractivity contribution in [2.75, 3.05) is 11.9 Å². The van der Waals surface area contributed by atoms with E-state index in [2.05, 4.69) is 16.0 Å². The van der Waals surface area contributed by atoms with Crippen LogP contribution in [0, 0.1) is 0 Å². The van der Waals surface area contributed by atoms with Crippen molar-refractivity contribution in [1.82, 2.24) is 10.6 Å². The van der Waals surface area contributed by atoms with Gasteiger partial charge in [0.15, 0.2) is 5.76 Å². The molecule has 0 bridgehead atoms. The van der Waals surface area contributed by atoms with Crippen LogP contribution >= 0.6 is 0 Å². The Morgan fingerprint density at radius 1 is 1.04 bits per heavy atom. The molecule has 3 N–H and O–H groups in total. The lowest BCUT2D eigenvalue weighted by atomic mass is 10.2. The molecule has 0 radical (unpaired) electrons. The van der Waals surface area contributed by atoms with Gasteiger partial charge in [-0.3, -0.25) is 9.59 Å². The molecule has 1 aromatic carbocycles. The number of anilines is 1. The van der Waals surface area contributed by atoms with E-state index < -0.39 is 11.7 Å². The van der Waals surface area contributed by atoms with E-state index in [9.17, 15) is 14.4 Å². The predicted molar refractivity (Wildman–Crippen MR) is 104 cm³/mol. The van der Waals surface area contributed by atoms with Crippen LogP contribution in [0.4, 0.5) is 10.5 Å². The maximum atomic E-state index is 11.9. The molecule has 0 aliphatic carbocycles. The molecule has 0 saturated carbocycles. The molecule has 3 amide bonds. The Kier molecular flexibility index (Phi) is 7.20. The average molecular weight is 387 g/mol. The summed E-state index contributed by atoms with van der Waals surface area (Å²) in [6.07, 6.45) is 1.01. The van der Waals surface area contributed by atoms with E-state index >= 15 is 0 Å². The molecular formula is C20H25N3O5. The van der Waals surface area contributed by atoms with E-state index in [1.54, 1.807) is 57.2 Å². The first-order chi connectivity index (χ1) is 13.2. The largest absolute Gasteiger partial charge is 0.459 e. The van der Waals surface area contributed by atoms with Crippen LogP contribution in [0.25, 0.3) is 0 Å². The number of carbonyl (C=O) groups excluding carboxylic acids is 3. The zero-order valence-corrected chi connectivity index (χ0v) is 16.2. The molecular weight excluding hydrogens is 362 g/mol. The number of rotatable bonds is 7. The summed E-state index contributed by atoms with van der Waals surface area (Å²) in [4.78, 5) is 35.3. The molecule has 2 aromatic rings. The maximum Gasteiger partial charge on any atom is 0.407 e. The van der Waals surface area contributed by atoms with Crippen LogP contribution in [0.3, 0.4) is 0 Å². The number of benzene rings is 1. The number of alkyl carbamates (subject to hydrolysis) is 1. The molecule has 1 aromatic heterocycles. The van der Waals surface area contributed by atoms with E-state index in [1.807, 2.05) is 0 Å². The lowest BCUT2D eigenvalue weighted by Gasteiger charge is -2.19. The number of ether oxygens (including phenoxy) is 1. The molecule has 8 nitrogen and oxygen atoms in total. The van der Waals surface area contributed by atoms with Gasteiger partial charge >= 0.3 is 6.09 Å². The van der Waals surface area contributed by atoms with Crippen molar-refractivity contribution in [3.05, 3.63) is 54.0 Å². The van der Waals surface area contributed by atoms with Gasteiger partial charge in [-0.25, -0.2) is 4.79 Å². The summed E-state index contributed by atoms with van der Waals surface area (Å²) in [5.41, 5.74) is 0.929. The minimum atomic E-state index is -0.578. The van der Waals surface area contributed by atoms with Gasteiger partial charge in [0.25, 0.3) is 5.91 Å². The zero-order chi connectivity index (χ0) is 20.6. The first-order valence-electron chi connectivity index (χ1n) is 8.90. The molecule has 2 rings (SSSR count). The third-order valence-electron chi connectivity index (χ3n) is 3.46. The molecule has 28 heavy (non-hydrogen) atoms. The number of carbonyl (C=O) groups is 3. The van der Waals surface area contributed by atoms with Crippen molar-refractivity contribution in [3.8, 4) is 0 Å². The van der Waals surface area contributed by atoms with E-state index in [4.69, 9.17) is 9.15 Å². The van der Waals surface area contributed by atoms with Gasteiger partial charge in [0.05, 0.1) is 6.26 Å². The molecule has 8 heteroatoms. The summed E-state index contributed by atoms with van der Waals surface area (Å²) in [6, 6.07) is 10.3.